The van der Waals surface area contributed by atoms with E-state index in [-0.39, 0.29) is 11.2 Å². The Hall–Kier alpha value is -2.05. The summed E-state index contributed by atoms with van der Waals surface area (Å²) in [5.74, 6) is 1.51. The van der Waals surface area contributed by atoms with Crippen molar-refractivity contribution in [2.24, 2.45) is 0 Å². The molecule has 0 aromatic heterocycles. The van der Waals surface area contributed by atoms with E-state index in [1.807, 2.05) is 48.2 Å². The molecule has 3 rings (SSSR count). The first kappa shape index (κ1) is 21.7. The summed E-state index contributed by atoms with van der Waals surface area (Å²) < 4.78 is 10.6. The standard InChI is InChI=1S/C22H27ClN2O3S/c1-15-5-6-17(23)13-19(15)24-9-11-25(12-10-24)22(26)16(2)29-18-7-8-20(27-3)21(14-18)28-4/h5-8,13-14,16H,9-12H2,1-4H3/t16-/m0/s1. The van der Waals surface area contributed by atoms with Gasteiger partial charge in [-0.25, -0.2) is 0 Å². The molecule has 1 amide bonds. The molecule has 1 aliphatic rings. The predicted octanol–water partition coefficient (Wildman–Crippen LogP) is 4.50. The van der Waals surface area contributed by atoms with Crippen LogP contribution in [0, 0.1) is 6.92 Å². The highest BCUT2D eigenvalue weighted by molar-refractivity contribution is 8.00. The molecule has 156 valence electrons. The number of benzene rings is 2. The molecule has 1 atom stereocenters. The van der Waals surface area contributed by atoms with Crippen molar-refractivity contribution < 1.29 is 14.3 Å². The monoisotopic (exact) mass is 434 g/mol. The summed E-state index contributed by atoms with van der Waals surface area (Å²) in [5, 5.41) is 0.566. The van der Waals surface area contributed by atoms with E-state index in [1.54, 1.807) is 14.2 Å². The molecule has 0 bridgehead atoms. The third-order valence-electron chi connectivity index (χ3n) is 5.12. The molecule has 29 heavy (non-hydrogen) atoms. The lowest BCUT2D eigenvalue weighted by atomic mass is 10.1. The third-order valence-corrected chi connectivity index (χ3v) is 6.44. The molecule has 0 unspecified atom stereocenters. The molecule has 0 N–H and O–H groups in total. The van der Waals surface area contributed by atoms with E-state index in [0.717, 1.165) is 28.7 Å². The summed E-state index contributed by atoms with van der Waals surface area (Å²) in [4.78, 5) is 18.2. The van der Waals surface area contributed by atoms with Gasteiger partial charge < -0.3 is 19.3 Å². The number of thioether (sulfide) groups is 1. The fourth-order valence-electron chi connectivity index (χ4n) is 3.49. The molecule has 1 saturated heterocycles. The van der Waals surface area contributed by atoms with Crippen LogP contribution in [0.15, 0.2) is 41.3 Å². The van der Waals surface area contributed by atoms with Gasteiger partial charge in [0.25, 0.3) is 0 Å². The van der Waals surface area contributed by atoms with E-state index < -0.39 is 0 Å². The topological polar surface area (TPSA) is 42.0 Å². The van der Waals surface area contributed by atoms with Crippen molar-refractivity contribution in [2.45, 2.75) is 24.0 Å². The molecule has 0 aliphatic carbocycles. The smallest absolute Gasteiger partial charge is 0.235 e. The Morgan fingerprint density at radius 1 is 1.03 bits per heavy atom. The van der Waals surface area contributed by atoms with Gasteiger partial charge in [-0.15, -0.1) is 11.8 Å². The molecule has 2 aromatic rings. The Morgan fingerprint density at radius 3 is 2.38 bits per heavy atom. The molecule has 0 radical (unpaired) electrons. The number of piperazine rings is 1. The fourth-order valence-corrected chi connectivity index (χ4v) is 4.64. The molecule has 0 spiro atoms. The number of halogens is 1. The summed E-state index contributed by atoms with van der Waals surface area (Å²) in [6.07, 6.45) is 0. The van der Waals surface area contributed by atoms with E-state index in [1.165, 1.54) is 17.3 Å². The Labute approximate surface area is 181 Å². The van der Waals surface area contributed by atoms with Gasteiger partial charge in [-0.2, -0.15) is 0 Å². The molecular weight excluding hydrogens is 408 g/mol. The van der Waals surface area contributed by atoms with Crippen LogP contribution in [-0.4, -0.2) is 56.5 Å². The van der Waals surface area contributed by atoms with Crippen LogP contribution in [-0.2, 0) is 4.79 Å². The highest BCUT2D eigenvalue weighted by Crippen LogP contribution is 2.34. The maximum atomic E-state index is 13.0. The lowest BCUT2D eigenvalue weighted by Gasteiger charge is -2.37. The van der Waals surface area contributed by atoms with Gasteiger partial charge in [0.15, 0.2) is 11.5 Å². The Balaban J connectivity index is 1.59. The Morgan fingerprint density at radius 2 is 1.72 bits per heavy atom. The first-order valence-corrected chi connectivity index (χ1v) is 10.9. The Bertz CT molecular complexity index is 869. The second-order valence-corrected chi connectivity index (χ2v) is 8.87. The molecular formula is C22H27ClN2O3S. The lowest BCUT2D eigenvalue weighted by molar-refractivity contribution is -0.130. The second kappa shape index (κ2) is 9.63. The van der Waals surface area contributed by atoms with Gasteiger partial charge >= 0.3 is 0 Å². The number of carbonyl (C=O) groups is 1. The number of ether oxygens (including phenoxy) is 2. The number of aryl methyl sites for hydroxylation is 1. The van der Waals surface area contributed by atoms with E-state index in [2.05, 4.69) is 11.8 Å². The first-order valence-electron chi connectivity index (χ1n) is 9.61. The average molecular weight is 435 g/mol. The molecule has 7 heteroatoms. The van der Waals surface area contributed by atoms with Crippen molar-refractivity contribution in [1.82, 2.24) is 4.90 Å². The molecule has 5 nitrogen and oxygen atoms in total. The van der Waals surface area contributed by atoms with Crippen LogP contribution in [0.4, 0.5) is 5.69 Å². The lowest BCUT2D eigenvalue weighted by Crippen LogP contribution is -2.50. The highest BCUT2D eigenvalue weighted by Gasteiger charge is 2.26. The van der Waals surface area contributed by atoms with Gasteiger partial charge in [0, 0.05) is 41.8 Å². The van der Waals surface area contributed by atoms with Crippen molar-refractivity contribution in [3.05, 3.63) is 47.0 Å². The number of nitrogens with zero attached hydrogens (tertiary/aromatic N) is 2. The maximum Gasteiger partial charge on any atom is 0.235 e. The number of anilines is 1. The minimum Gasteiger partial charge on any atom is -0.493 e. The molecule has 1 heterocycles. The van der Waals surface area contributed by atoms with E-state index >= 15 is 0 Å². The van der Waals surface area contributed by atoms with Gasteiger partial charge in [-0.3, -0.25) is 4.79 Å². The first-order chi connectivity index (χ1) is 13.9. The van der Waals surface area contributed by atoms with Crippen LogP contribution in [0.1, 0.15) is 12.5 Å². The highest BCUT2D eigenvalue weighted by atomic mass is 35.5. The van der Waals surface area contributed by atoms with Gasteiger partial charge in [-0.05, 0) is 49.7 Å². The normalized spacial score (nSPS) is 15.2. The van der Waals surface area contributed by atoms with Crippen LogP contribution < -0.4 is 14.4 Å². The third kappa shape index (κ3) is 5.11. The Kier molecular flexibility index (Phi) is 7.19. The zero-order chi connectivity index (χ0) is 21.0. The zero-order valence-electron chi connectivity index (χ0n) is 17.3. The van der Waals surface area contributed by atoms with Gasteiger partial charge in [0.05, 0.1) is 19.5 Å². The summed E-state index contributed by atoms with van der Waals surface area (Å²) in [7, 11) is 3.23. The summed E-state index contributed by atoms with van der Waals surface area (Å²) in [5.41, 5.74) is 2.35. The minimum atomic E-state index is -0.174. The second-order valence-electron chi connectivity index (χ2n) is 7.02. The summed E-state index contributed by atoms with van der Waals surface area (Å²) in [6.45, 7) is 7.08. The number of methoxy groups -OCH3 is 2. The van der Waals surface area contributed by atoms with Crippen molar-refractivity contribution in [3.63, 3.8) is 0 Å². The van der Waals surface area contributed by atoms with Crippen LogP contribution in [0.2, 0.25) is 5.02 Å². The number of carbonyl (C=O) groups excluding carboxylic acids is 1. The van der Waals surface area contributed by atoms with Crippen LogP contribution in [0.5, 0.6) is 11.5 Å². The van der Waals surface area contributed by atoms with Crippen LogP contribution in [0.25, 0.3) is 0 Å². The summed E-state index contributed by atoms with van der Waals surface area (Å²) in [6, 6.07) is 11.7. The van der Waals surface area contributed by atoms with Gasteiger partial charge in [0.2, 0.25) is 5.91 Å². The van der Waals surface area contributed by atoms with E-state index in [4.69, 9.17) is 21.1 Å². The van der Waals surface area contributed by atoms with Crippen molar-refractivity contribution in [3.8, 4) is 11.5 Å². The number of rotatable bonds is 6. The molecule has 2 aromatic carbocycles. The number of hydrogen-bond donors (Lipinski definition) is 0. The van der Waals surface area contributed by atoms with Crippen molar-refractivity contribution in [1.29, 1.82) is 0 Å². The molecule has 1 fully saturated rings. The van der Waals surface area contributed by atoms with E-state index in [0.29, 0.717) is 24.6 Å². The number of amides is 1. The SMILES string of the molecule is COc1ccc(S[C@@H](C)C(=O)N2CCN(c3cc(Cl)ccc3C)CC2)cc1OC. The minimum absolute atomic E-state index is 0.159. The largest absolute Gasteiger partial charge is 0.493 e. The summed E-state index contributed by atoms with van der Waals surface area (Å²) >= 11 is 7.70. The zero-order valence-corrected chi connectivity index (χ0v) is 18.8. The van der Waals surface area contributed by atoms with Crippen molar-refractivity contribution in [2.75, 3.05) is 45.3 Å². The van der Waals surface area contributed by atoms with Crippen LogP contribution >= 0.6 is 23.4 Å². The maximum absolute atomic E-state index is 13.0. The van der Waals surface area contributed by atoms with Gasteiger partial charge in [-0.1, -0.05) is 17.7 Å². The quantitative estimate of drug-likeness (QED) is 0.626. The molecule has 0 saturated carbocycles. The predicted molar refractivity (Wildman–Crippen MR) is 120 cm³/mol. The number of hydrogen-bond acceptors (Lipinski definition) is 5. The van der Waals surface area contributed by atoms with Crippen LogP contribution in [0.3, 0.4) is 0 Å². The van der Waals surface area contributed by atoms with E-state index in [9.17, 15) is 4.79 Å². The average Bonchev–Trinajstić information content (AvgIpc) is 2.74. The van der Waals surface area contributed by atoms with Gasteiger partial charge in [0.1, 0.15) is 0 Å². The molecule has 1 aliphatic heterocycles. The van der Waals surface area contributed by atoms with Crippen molar-refractivity contribution >= 4 is 35.0 Å². The fraction of sp³-hybridized carbons (Fsp3) is 0.409.